The quantitative estimate of drug-likeness (QED) is 0.713. The summed E-state index contributed by atoms with van der Waals surface area (Å²) < 4.78 is 6.28. The SMILES string of the molecule is Cc1noc(C)c1-c1cnc(N)c(NCc2ccc(Br)cc2)c1. The third-order valence-electron chi connectivity index (χ3n) is 3.64. The van der Waals surface area contributed by atoms with Gasteiger partial charge in [0.05, 0.1) is 11.4 Å². The van der Waals surface area contributed by atoms with Crippen molar-refractivity contribution in [2.45, 2.75) is 20.4 Å². The van der Waals surface area contributed by atoms with Crippen molar-refractivity contribution in [2.75, 3.05) is 11.1 Å². The van der Waals surface area contributed by atoms with E-state index in [1.54, 1.807) is 6.20 Å². The van der Waals surface area contributed by atoms with E-state index in [1.165, 1.54) is 0 Å². The Bertz CT molecular complexity index is 808. The van der Waals surface area contributed by atoms with Gasteiger partial charge in [-0.2, -0.15) is 0 Å². The first-order valence-electron chi connectivity index (χ1n) is 7.21. The molecule has 0 saturated carbocycles. The lowest BCUT2D eigenvalue weighted by Gasteiger charge is -2.11. The van der Waals surface area contributed by atoms with Crippen LogP contribution in [0, 0.1) is 13.8 Å². The zero-order chi connectivity index (χ0) is 16.4. The van der Waals surface area contributed by atoms with Gasteiger partial charge in [0.15, 0.2) is 0 Å². The molecule has 118 valence electrons. The number of hydrogen-bond donors (Lipinski definition) is 2. The fourth-order valence-electron chi connectivity index (χ4n) is 2.45. The van der Waals surface area contributed by atoms with Gasteiger partial charge in [-0.1, -0.05) is 33.2 Å². The molecule has 3 aromatic rings. The molecule has 2 aromatic heterocycles. The molecule has 0 radical (unpaired) electrons. The average molecular weight is 373 g/mol. The highest BCUT2D eigenvalue weighted by Crippen LogP contribution is 2.30. The maximum atomic E-state index is 5.99. The van der Waals surface area contributed by atoms with Crippen LogP contribution >= 0.6 is 15.9 Å². The van der Waals surface area contributed by atoms with Crippen LogP contribution in [0.3, 0.4) is 0 Å². The number of nitrogens with one attached hydrogen (secondary N) is 1. The molecule has 3 rings (SSSR count). The lowest BCUT2D eigenvalue weighted by atomic mass is 10.1. The van der Waals surface area contributed by atoms with Gasteiger partial charge in [-0.25, -0.2) is 4.98 Å². The van der Waals surface area contributed by atoms with E-state index in [4.69, 9.17) is 10.3 Å². The minimum atomic E-state index is 0.470. The molecule has 23 heavy (non-hydrogen) atoms. The number of nitrogens with two attached hydrogens (primary N) is 1. The Morgan fingerprint density at radius 2 is 1.96 bits per heavy atom. The third-order valence-corrected chi connectivity index (χ3v) is 4.17. The third kappa shape index (κ3) is 3.37. The average Bonchev–Trinajstić information content (AvgIpc) is 2.87. The van der Waals surface area contributed by atoms with E-state index in [2.05, 4.69) is 43.5 Å². The van der Waals surface area contributed by atoms with Gasteiger partial charge in [0.1, 0.15) is 11.6 Å². The Morgan fingerprint density at radius 3 is 2.61 bits per heavy atom. The Morgan fingerprint density at radius 1 is 1.22 bits per heavy atom. The monoisotopic (exact) mass is 372 g/mol. The Kier molecular flexibility index (Phi) is 4.34. The first-order valence-corrected chi connectivity index (χ1v) is 8.01. The number of hydrogen-bond acceptors (Lipinski definition) is 5. The van der Waals surface area contributed by atoms with Crippen LogP contribution in [0.5, 0.6) is 0 Å². The predicted octanol–water partition coefficient (Wildman–Crippen LogP) is 4.31. The van der Waals surface area contributed by atoms with Crippen molar-refractivity contribution in [3.05, 3.63) is 58.0 Å². The van der Waals surface area contributed by atoms with E-state index >= 15 is 0 Å². The van der Waals surface area contributed by atoms with Crippen LogP contribution in [0.2, 0.25) is 0 Å². The number of halogens is 1. The molecule has 0 saturated heterocycles. The van der Waals surface area contributed by atoms with Crippen LogP contribution in [0.25, 0.3) is 11.1 Å². The van der Waals surface area contributed by atoms with E-state index < -0.39 is 0 Å². The first-order chi connectivity index (χ1) is 11.0. The summed E-state index contributed by atoms with van der Waals surface area (Å²) in [4.78, 5) is 4.28. The van der Waals surface area contributed by atoms with Crippen LogP contribution in [-0.2, 0) is 6.54 Å². The van der Waals surface area contributed by atoms with E-state index in [9.17, 15) is 0 Å². The van der Waals surface area contributed by atoms with E-state index in [0.29, 0.717) is 12.4 Å². The highest BCUT2D eigenvalue weighted by atomic mass is 79.9. The molecule has 1 aromatic carbocycles. The smallest absolute Gasteiger partial charge is 0.146 e. The fourth-order valence-corrected chi connectivity index (χ4v) is 2.71. The van der Waals surface area contributed by atoms with Gasteiger partial charge in [-0.15, -0.1) is 0 Å². The zero-order valence-corrected chi connectivity index (χ0v) is 14.5. The number of nitrogen functional groups attached to an aromatic ring is 1. The second kappa shape index (κ2) is 6.42. The molecule has 0 amide bonds. The summed E-state index contributed by atoms with van der Waals surface area (Å²) in [6.45, 7) is 4.47. The van der Waals surface area contributed by atoms with Gasteiger partial charge in [0.2, 0.25) is 0 Å². The normalized spacial score (nSPS) is 10.7. The van der Waals surface area contributed by atoms with Crippen LogP contribution in [0.4, 0.5) is 11.5 Å². The Hall–Kier alpha value is -2.34. The highest BCUT2D eigenvalue weighted by molar-refractivity contribution is 9.10. The molecule has 0 bridgehead atoms. The van der Waals surface area contributed by atoms with E-state index in [1.807, 2.05) is 32.0 Å². The minimum Gasteiger partial charge on any atom is -0.382 e. The fraction of sp³-hybridized carbons (Fsp3) is 0.176. The molecule has 0 fully saturated rings. The van der Waals surface area contributed by atoms with Crippen molar-refractivity contribution in [3.63, 3.8) is 0 Å². The summed E-state index contributed by atoms with van der Waals surface area (Å²) in [5, 5.41) is 7.32. The molecule has 0 spiro atoms. The molecule has 0 aliphatic rings. The second-order valence-corrected chi connectivity index (χ2v) is 6.25. The highest BCUT2D eigenvalue weighted by Gasteiger charge is 2.13. The summed E-state index contributed by atoms with van der Waals surface area (Å²) in [6, 6.07) is 10.1. The number of pyridine rings is 1. The maximum absolute atomic E-state index is 5.99. The van der Waals surface area contributed by atoms with Crippen LogP contribution < -0.4 is 11.1 Å². The molecule has 5 nitrogen and oxygen atoms in total. The summed E-state index contributed by atoms with van der Waals surface area (Å²) in [7, 11) is 0. The number of rotatable bonds is 4. The molecule has 0 aliphatic carbocycles. The lowest BCUT2D eigenvalue weighted by Crippen LogP contribution is -2.04. The Labute approximate surface area is 143 Å². The van der Waals surface area contributed by atoms with Gasteiger partial charge in [-0.3, -0.25) is 0 Å². The predicted molar refractivity (Wildman–Crippen MR) is 95.1 cm³/mol. The Balaban J connectivity index is 1.85. The summed E-state index contributed by atoms with van der Waals surface area (Å²) in [5.41, 5.74) is 10.7. The van der Waals surface area contributed by atoms with Crippen LogP contribution in [0.1, 0.15) is 17.0 Å². The molecule has 0 unspecified atom stereocenters. The summed E-state index contributed by atoms with van der Waals surface area (Å²) >= 11 is 3.43. The van der Waals surface area contributed by atoms with Gasteiger partial charge in [-0.05, 0) is 37.6 Å². The van der Waals surface area contributed by atoms with Crippen molar-refractivity contribution in [1.82, 2.24) is 10.1 Å². The summed E-state index contributed by atoms with van der Waals surface area (Å²) in [5.74, 6) is 1.24. The van der Waals surface area contributed by atoms with Gasteiger partial charge < -0.3 is 15.6 Å². The number of anilines is 2. The molecular weight excluding hydrogens is 356 g/mol. The number of benzene rings is 1. The molecule has 2 heterocycles. The molecule has 0 atom stereocenters. The summed E-state index contributed by atoms with van der Waals surface area (Å²) in [6.07, 6.45) is 1.74. The van der Waals surface area contributed by atoms with Gasteiger partial charge in [0.25, 0.3) is 0 Å². The molecular formula is C17H17BrN4O. The van der Waals surface area contributed by atoms with Gasteiger partial charge >= 0.3 is 0 Å². The molecule has 6 heteroatoms. The number of nitrogens with zero attached hydrogens (tertiary/aromatic N) is 2. The van der Waals surface area contributed by atoms with Crippen molar-refractivity contribution in [3.8, 4) is 11.1 Å². The van der Waals surface area contributed by atoms with Crippen LogP contribution in [0.15, 0.2) is 45.5 Å². The largest absolute Gasteiger partial charge is 0.382 e. The van der Waals surface area contributed by atoms with E-state index in [-0.39, 0.29) is 0 Å². The van der Waals surface area contributed by atoms with Crippen molar-refractivity contribution in [1.29, 1.82) is 0 Å². The van der Waals surface area contributed by atoms with Crippen molar-refractivity contribution >= 4 is 27.4 Å². The minimum absolute atomic E-state index is 0.470. The molecule has 3 N–H and O–H groups in total. The second-order valence-electron chi connectivity index (χ2n) is 5.34. The van der Waals surface area contributed by atoms with Crippen LogP contribution in [-0.4, -0.2) is 10.1 Å². The standard InChI is InChI=1S/C17H17BrN4O/c1-10-16(11(2)23-22-10)13-7-15(17(19)21-9-13)20-8-12-3-5-14(18)6-4-12/h3-7,9,20H,8H2,1-2H3,(H2,19,21). The van der Waals surface area contributed by atoms with Crippen molar-refractivity contribution in [2.24, 2.45) is 0 Å². The lowest BCUT2D eigenvalue weighted by molar-refractivity contribution is 0.393. The molecule has 0 aliphatic heterocycles. The topological polar surface area (TPSA) is 77.0 Å². The van der Waals surface area contributed by atoms with E-state index in [0.717, 1.165) is 38.3 Å². The number of aryl methyl sites for hydroxylation is 2. The zero-order valence-electron chi connectivity index (χ0n) is 12.9. The first kappa shape index (κ1) is 15.6. The van der Waals surface area contributed by atoms with Gasteiger partial charge in [0, 0.05) is 28.3 Å². The van der Waals surface area contributed by atoms with Crippen molar-refractivity contribution < 1.29 is 4.52 Å². The number of aromatic nitrogens is 2. The maximum Gasteiger partial charge on any atom is 0.146 e.